The Labute approximate surface area is 185 Å². The van der Waals surface area contributed by atoms with E-state index in [9.17, 15) is 9.59 Å². The van der Waals surface area contributed by atoms with Crippen molar-refractivity contribution in [3.63, 3.8) is 0 Å². The molecule has 5 nitrogen and oxygen atoms in total. The third-order valence-electron chi connectivity index (χ3n) is 5.32. The lowest BCUT2D eigenvalue weighted by Gasteiger charge is -2.14. The first-order valence-corrected chi connectivity index (χ1v) is 11.3. The molecule has 4 aromatic rings. The van der Waals surface area contributed by atoms with Crippen LogP contribution in [-0.4, -0.2) is 15.5 Å². The molecule has 0 aliphatic carbocycles. The molecule has 2 heterocycles. The highest BCUT2D eigenvalue weighted by Crippen LogP contribution is 2.18. The van der Waals surface area contributed by atoms with Gasteiger partial charge >= 0.3 is 0 Å². The average molecular weight is 432 g/mol. The maximum Gasteiger partial charge on any atom is 0.272 e. The van der Waals surface area contributed by atoms with Gasteiger partial charge in [0.25, 0.3) is 5.56 Å². The van der Waals surface area contributed by atoms with E-state index in [1.165, 1.54) is 5.56 Å². The van der Waals surface area contributed by atoms with Crippen LogP contribution in [0.25, 0.3) is 11.0 Å². The minimum atomic E-state index is -0.117. The van der Waals surface area contributed by atoms with E-state index in [2.05, 4.69) is 22.4 Å². The predicted molar refractivity (Wildman–Crippen MR) is 125 cm³/mol. The fourth-order valence-electron chi connectivity index (χ4n) is 3.67. The molecule has 0 fully saturated rings. The molecule has 0 aliphatic heterocycles. The highest BCUT2D eigenvalue weighted by Gasteiger charge is 2.14. The third kappa shape index (κ3) is 5.09. The number of thiophene rings is 1. The fraction of sp³-hybridized carbons (Fsp3) is 0.240. The summed E-state index contributed by atoms with van der Waals surface area (Å²) in [6, 6.07) is 21.7. The maximum absolute atomic E-state index is 13.2. The van der Waals surface area contributed by atoms with Gasteiger partial charge in [-0.05, 0) is 42.5 Å². The van der Waals surface area contributed by atoms with Crippen LogP contribution in [0.15, 0.2) is 76.9 Å². The standard InChI is InChI=1S/C25H25N3O2S/c1-18(23-12-7-17-31-23)26-24(29)14-13-21-25(30)28(16-15-19-8-3-2-4-9-19)22-11-6-5-10-20(22)27-21/h2-12,17-18H,13-16H2,1H3,(H,26,29)/t18-/m0/s1. The number of hydrogen-bond donors (Lipinski definition) is 1. The first-order valence-electron chi connectivity index (χ1n) is 10.5. The molecule has 6 heteroatoms. The Morgan fingerprint density at radius 2 is 1.81 bits per heavy atom. The van der Waals surface area contributed by atoms with Gasteiger partial charge in [0.15, 0.2) is 0 Å². The average Bonchev–Trinajstić information content (AvgIpc) is 3.33. The van der Waals surface area contributed by atoms with E-state index in [0.29, 0.717) is 18.7 Å². The molecule has 0 radical (unpaired) electrons. The van der Waals surface area contributed by atoms with Gasteiger partial charge in [-0.2, -0.15) is 0 Å². The van der Waals surface area contributed by atoms with Crippen molar-refractivity contribution < 1.29 is 4.79 Å². The van der Waals surface area contributed by atoms with E-state index < -0.39 is 0 Å². The van der Waals surface area contributed by atoms with Crippen LogP contribution in [0.4, 0.5) is 0 Å². The molecule has 1 N–H and O–H groups in total. The number of carbonyl (C=O) groups excluding carboxylic acids is 1. The van der Waals surface area contributed by atoms with Crippen LogP contribution in [0.5, 0.6) is 0 Å². The lowest BCUT2D eigenvalue weighted by molar-refractivity contribution is -0.121. The molecule has 0 bridgehead atoms. The highest BCUT2D eigenvalue weighted by atomic mass is 32.1. The molecule has 4 rings (SSSR count). The van der Waals surface area contributed by atoms with Crippen molar-refractivity contribution in [2.75, 3.05) is 0 Å². The number of rotatable bonds is 8. The van der Waals surface area contributed by atoms with E-state index in [-0.39, 0.29) is 23.9 Å². The van der Waals surface area contributed by atoms with E-state index in [1.54, 1.807) is 15.9 Å². The Morgan fingerprint density at radius 3 is 2.58 bits per heavy atom. The normalized spacial score (nSPS) is 12.0. The number of fused-ring (bicyclic) bond motifs is 1. The molecule has 1 atom stereocenters. The van der Waals surface area contributed by atoms with Crippen LogP contribution in [0.2, 0.25) is 0 Å². The Bertz CT molecular complexity index is 1220. The Morgan fingerprint density at radius 1 is 1.03 bits per heavy atom. The number of amides is 1. The van der Waals surface area contributed by atoms with Gasteiger partial charge < -0.3 is 9.88 Å². The number of para-hydroxylation sites is 2. The smallest absolute Gasteiger partial charge is 0.272 e. The fourth-order valence-corrected chi connectivity index (χ4v) is 4.40. The van der Waals surface area contributed by atoms with Crippen molar-refractivity contribution in [3.8, 4) is 0 Å². The predicted octanol–water partition coefficient (Wildman–Crippen LogP) is 4.51. The summed E-state index contributed by atoms with van der Waals surface area (Å²) in [5.41, 5.74) is 3.10. The molecule has 0 saturated heterocycles. The Kier molecular flexibility index (Phi) is 6.57. The third-order valence-corrected chi connectivity index (χ3v) is 6.38. The van der Waals surface area contributed by atoms with Gasteiger partial charge in [-0.15, -0.1) is 11.3 Å². The van der Waals surface area contributed by atoms with Crippen LogP contribution in [0.3, 0.4) is 0 Å². The monoisotopic (exact) mass is 431 g/mol. The van der Waals surface area contributed by atoms with E-state index in [4.69, 9.17) is 0 Å². The number of carbonyl (C=O) groups is 1. The summed E-state index contributed by atoms with van der Waals surface area (Å²) < 4.78 is 1.79. The Balaban J connectivity index is 1.51. The van der Waals surface area contributed by atoms with Crippen molar-refractivity contribution in [2.24, 2.45) is 0 Å². The van der Waals surface area contributed by atoms with Crippen LogP contribution < -0.4 is 10.9 Å². The number of nitrogens with zero attached hydrogens (tertiary/aromatic N) is 2. The van der Waals surface area contributed by atoms with Gasteiger partial charge in [0, 0.05) is 24.3 Å². The van der Waals surface area contributed by atoms with Gasteiger partial charge in [0.2, 0.25) is 5.91 Å². The molecule has 2 aromatic carbocycles. The number of benzene rings is 2. The summed E-state index contributed by atoms with van der Waals surface area (Å²) in [6.07, 6.45) is 1.31. The quantitative estimate of drug-likeness (QED) is 0.446. The second kappa shape index (κ2) is 9.71. The summed E-state index contributed by atoms with van der Waals surface area (Å²) in [5.74, 6) is -0.0777. The van der Waals surface area contributed by atoms with Crippen molar-refractivity contribution in [1.82, 2.24) is 14.9 Å². The number of aryl methyl sites for hydroxylation is 3. The molecule has 0 spiro atoms. The first kappa shape index (κ1) is 21.0. The molecule has 158 valence electrons. The molecule has 0 aliphatic rings. The molecule has 0 unspecified atom stereocenters. The second-order valence-corrected chi connectivity index (χ2v) is 8.52. The molecule has 0 saturated carbocycles. The highest BCUT2D eigenvalue weighted by molar-refractivity contribution is 7.10. The first-order chi connectivity index (χ1) is 15.1. The zero-order valence-electron chi connectivity index (χ0n) is 17.5. The van der Waals surface area contributed by atoms with Crippen LogP contribution in [0, 0.1) is 0 Å². The lowest BCUT2D eigenvalue weighted by Crippen LogP contribution is -2.29. The van der Waals surface area contributed by atoms with Crippen LogP contribution >= 0.6 is 11.3 Å². The van der Waals surface area contributed by atoms with E-state index in [0.717, 1.165) is 22.3 Å². The zero-order valence-corrected chi connectivity index (χ0v) is 18.3. The van der Waals surface area contributed by atoms with Crippen LogP contribution in [-0.2, 0) is 24.2 Å². The summed E-state index contributed by atoms with van der Waals surface area (Å²) in [4.78, 5) is 31.3. The summed E-state index contributed by atoms with van der Waals surface area (Å²) >= 11 is 1.62. The summed E-state index contributed by atoms with van der Waals surface area (Å²) in [6.45, 7) is 2.54. The topological polar surface area (TPSA) is 64.0 Å². The molecule has 31 heavy (non-hydrogen) atoms. The zero-order chi connectivity index (χ0) is 21.6. The van der Waals surface area contributed by atoms with Gasteiger partial charge in [-0.1, -0.05) is 48.5 Å². The largest absolute Gasteiger partial charge is 0.349 e. The summed E-state index contributed by atoms with van der Waals surface area (Å²) in [5, 5.41) is 5.00. The minimum Gasteiger partial charge on any atom is -0.349 e. The molecule has 1 amide bonds. The SMILES string of the molecule is C[C@H](NC(=O)CCc1nc2ccccc2n(CCc2ccccc2)c1=O)c1cccs1. The summed E-state index contributed by atoms with van der Waals surface area (Å²) in [7, 11) is 0. The van der Waals surface area contributed by atoms with E-state index >= 15 is 0 Å². The van der Waals surface area contributed by atoms with Gasteiger partial charge in [0.1, 0.15) is 5.69 Å². The number of aromatic nitrogens is 2. The van der Waals surface area contributed by atoms with Gasteiger partial charge in [0.05, 0.1) is 17.1 Å². The van der Waals surface area contributed by atoms with Crippen LogP contribution in [0.1, 0.15) is 35.5 Å². The van der Waals surface area contributed by atoms with Gasteiger partial charge in [-0.3, -0.25) is 9.59 Å². The van der Waals surface area contributed by atoms with Crippen molar-refractivity contribution in [1.29, 1.82) is 0 Å². The van der Waals surface area contributed by atoms with Crippen molar-refractivity contribution in [3.05, 3.63) is 98.6 Å². The maximum atomic E-state index is 13.2. The van der Waals surface area contributed by atoms with Crippen molar-refractivity contribution >= 4 is 28.3 Å². The van der Waals surface area contributed by atoms with Crippen molar-refractivity contribution in [2.45, 2.75) is 38.8 Å². The van der Waals surface area contributed by atoms with E-state index in [1.807, 2.05) is 66.9 Å². The van der Waals surface area contributed by atoms with Gasteiger partial charge in [-0.25, -0.2) is 4.98 Å². The number of hydrogen-bond acceptors (Lipinski definition) is 4. The number of nitrogens with one attached hydrogen (secondary N) is 1. The lowest BCUT2D eigenvalue weighted by atomic mass is 10.1. The molecule has 2 aromatic heterocycles. The minimum absolute atomic E-state index is 0.0420. The molecular weight excluding hydrogens is 406 g/mol. The Hall–Kier alpha value is -3.25. The molecular formula is C25H25N3O2S. The second-order valence-electron chi connectivity index (χ2n) is 7.54.